The van der Waals surface area contributed by atoms with Crippen molar-refractivity contribution in [2.75, 3.05) is 13.0 Å². The summed E-state index contributed by atoms with van der Waals surface area (Å²) >= 11 is 6.33. The third-order valence-electron chi connectivity index (χ3n) is 7.41. The third-order valence-corrected chi connectivity index (χ3v) is 7.81. The normalized spacial score (nSPS) is 38.3. The van der Waals surface area contributed by atoms with Crippen molar-refractivity contribution in [1.82, 2.24) is 0 Å². The van der Waals surface area contributed by atoms with Crippen LogP contribution in [0.15, 0.2) is 0 Å². The van der Waals surface area contributed by atoms with Gasteiger partial charge in [-0.25, -0.2) is 0 Å². The Kier molecular flexibility index (Phi) is 6.62. The summed E-state index contributed by atoms with van der Waals surface area (Å²) in [5.41, 5.74) is -0.338. The molecule has 0 aromatic carbocycles. The number of methoxy groups -OCH3 is 1. The van der Waals surface area contributed by atoms with E-state index in [-0.39, 0.29) is 17.3 Å². The molecule has 0 amide bonds. The number of hydrogen-bond donors (Lipinski definition) is 0. The molecule has 0 heterocycles. The number of Topliss-reactive ketones (excluding diaryl/α,β-unsaturated/α-hetero) is 1. The fourth-order valence-electron chi connectivity index (χ4n) is 5.94. The van der Waals surface area contributed by atoms with Crippen molar-refractivity contribution in [3.05, 3.63) is 0 Å². The molecule has 25 heavy (non-hydrogen) atoms. The van der Waals surface area contributed by atoms with Gasteiger partial charge in [-0.3, -0.25) is 9.59 Å². The summed E-state index contributed by atoms with van der Waals surface area (Å²) in [5.74, 6) is 2.19. The zero-order valence-electron chi connectivity index (χ0n) is 16.6. The van der Waals surface area contributed by atoms with E-state index in [0.717, 1.165) is 38.5 Å². The highest BCUT2D eigenvalue weighted by molar-refractivity contribution is 6.18. The molecule has 2 rings (SSSR count). The summed E-state index contributed by atoms with van der Waals surface area (Å²) in [6.07, 6.45) is 6.69. The maximum absolute atomic E-state index is 12.6. The number of alkyl halides is 1. The minimum atomic E-state index is -0.403. The zero-order valence-corrected chi connectivity index (χ0v) is 17.3. The summed E-state index contributed by atoms with van der Waals surface area (Å²) in [5, 5.41) is 0. The quantitative estimate of drug-likeness (QED) is 0.474. The molecule has 3 nitrogen and oxygen atoms in total. The van der Waals surface area contributed by atoms with Gasteiger partial charge in [0.2, 0.25) is 0 Å². The van der Waals surface area contributed by atoms with Crippen LogP contribution in [-0.4, -0.2) is 24.7 Å². The highest BCUT2D eigenvalue weighted by Crippen LogP contribution is 2.62. The Hall–Kier alpha value is -0.570. The molecule has 0 bridgehead atoms. The van der Waals surface area contributed by atoms with Crippen LogP contribution in [0.1, 0.15) is 72.6 Å². The van der Waals surface area contributed by atoms with Crippen LogP contribution in [0.3, 0.4) is 0 Å². The van der Waals surface area contributed by atoms with Gasteiger partial charge in [-0.15, -0.1) is 11.6 Å². The van der Waals surface area contributed by atoms with Gasteiger partial charge in [0, 0.05) is 18.2 Å². The molecule has 2 aliphatic rings. The minimum Gasteiger partial charge on any atom is -0.469 e. The summed E-state index contributed by atoms with van der Waals surface area (Å²) < 4.78 is 5.19. The van der Waals surface area contributed by atoms with E-state index in [1.165, 1.54) is 7.11 Å². The zero-order chi connectivity index (χ0) is 18.8. The average molecular weight is 371 g/mol. The first kappa shape index (κ1) is 20.7. The van der Waals surface area contributed by atoms with Crippen LogP contribution in [0.4, 0.5) is 0 Å². The topological polar surface area (TPSA) is 43.4 Å². The molecule has 0 unspecified atom stereocenters. The van der Waals surface area contributed by atoms with E-state index in [1.807, 2.05) is 13.8 Å². The van der Waals surface area contributed by atoms with Crippen molar-refractivity contribution in [2.24, 2.45) is 34.5 Å². The standard InChI is InChI=1S/C21H35ClO3/c1-14(2)17(23)9-8-16-15(13-22)7-10-18-20(16,3)11-6-12-21(18,4)19(24)25-5/h14-16,18H,6-13H2,1-5H3/t15-,16-,18+,20+,21+/m0/s1. The van der Waals surface area contributed by atoms with Crippen molar-refractivity contribution < 1.29 is 14.3 Å². The Morgan fingerprint density at radius 1 is 1.20 bits per heavy atom. The third kappa shape index (κ3) is 3.77. The fraction of sp³-hybridized carbons (Fsp3) is 0.905. The predicted octanol–water partition coefficient (Wildman–Crippen LogP) is 5.24. The van der Waals surface area contributed by atoms with Crippen LogP contribution in [0.5, 0.6) is 0 Å². The Morgan fingerprint density at radius 3 is 2.44 bits per heavy atom. The molecular weight excluding hydrogens is 336 g/mol. The molecule has 0 aromatic rings. The van der Waals surface area contributed by atoms with Crippen LogP contribution >= 0.6 is 11.6 Å². The molecular formula is C21H35ClO3. The highest BCUT2D eigenvalue weighted by atomic mass is 35.5. The lowest BCUT2D eigenvalue weighted by Gasteiger charge is -2.59. The van der Waals surface area contributed by atoms with E-state index >= 15 is 0 Å². The number of fused-ring (bicyclic) bond motifs is 1. The largest absolute Gasteiger partial charge is 0.469 e. The van der Waals surface area contributed by atoms with E-state index < -0.39 is 5.41 Å². The minimum absolute atomic E-state index is 0.0650. The number of carbonyl (C=O) groups is 2. The molecule has 2 saturated carbocycles. The molecule has 0 N–H and O–H groups in total. The fourth-order valence-corrected chi connectivity index (χ4v) is 6.31. The van der Waals surface area contributed by atoms with Crippen LogP contribution in [0.2, 0.25) is 0 Å². The van der Waals surface area contributed by atoms with Gasteiger partial charge in [-0.1, -0.05) is 27.2 Å². The molecule has 2 fully saturated rings. The van der Waals surface area contributed by atoms with E-state index in [1.54, 1.807) is 0 Å². The molecule has 0 spiro atoms. The lowest BCUT2D eigenvalue weighted by atomic mass is 9.45. The van der Waals surface area contributed by atoms with Crippen LogP contribution in [0.25, 0.3) is 0 Å². The van der Waals surface area contributed by atoms with Crippen LogP contribution in [-0.2, 0) is 14.3 Å². The predicted molar refractivity (Wildman–Crippen MR) is 102 cm³/mol. The van der Waals surface area contributed by atoms with E-state index in [0.29, 0.717) is 35.8 Å². The van der Waals surface area contributed by atoms with Gasteiger partial charge in [0.1, 0.15) is 5.78 Å². The molecule has 0 radical (unpaired) electrons. The number of hydrogen-bond acceptors (Lipinski definition) is 3. The smallest absolute Gasteiger partial charge is 0.311 e. The Morgan fingerprint density at radius 2 is 1.88 bits per heavy atom. The molecule has 2 aliphatic carbocycles. The molecule has 0 aromatic heterocycles. The highest BCUT2D eigenvalue weighted by Gasteiger charge is 2.58. The first-order valence-electron chi connectivity index (χ1n) is 9.87. The first-order chi connectivity index (χ1) is 11.7. The number of rotatable bonds is 6. The number of ether oxygens (including phenoxy) is 1. The number of carbonyl (C=O) groups excluding carboxylic acids is 2. The molecule has 5 atom stereocenters. The summed E-state index contributed by atoms with van der Waals surface area (Å²) in [6.45, 7) is 8.39. The van der Waals surface area contributed by atoms with Gasteiger partial charge in [0.05, 0.1) is 12.5 Å². The van der Waals surface area contributed by atoms with Crippen molar-refractivity contribution in [3.8, 4) is 0 Å². The van der Waals surface area contributed by atoms with Crippen molar-refractivity contribution in [2.45, 2.75) is 72.6 Å². The van der Waals surface area contributed by atoms with E-state index in [2.05, 4.69) is 13.8 Å². The van der Waals surface area contributed by atoms with Crippen molar-refractivity contribution >= 4 is 23.4 Å². The molecule has 0 saturated heterocycles. The van der Waals surface area contributed by atoms with Gasteiger partial charge in [-0.05, 0) is 62.2 Å². The maximum atomic E-state index is 12.6. The van der Waals surface area contributed by atoms with E-state index in [9.17, 15) is 9.59 Å². The van der Waals surface area contributed by atoms with Gasteiger partial charge in [0.25, 0.3) is 0 Å². The Labute approximate surface area is 158 Å². The van der Waals surface area contributed by atoms with Crippen LogP contribution in [0, 0.1) is 34.5 Å². The maximum Gasteiger partial charge on any atom is 0.311 e. The summed E-state index contributed by atoms with van der Waals surface area (Å²) in [6, 6.07) is 0. The summed E-state index contributed by atoms with van der Waals surface area (Å²) in [4.78, 5) is 24.8. The average Bonchev–Trinajstić information content (AvgIpc) is 2.58. The second-order valence-corrected chi connectivity index (χ2v) is 9.39. The van der Waals surface area contributed by atoms with Crippen molar-refractivity contribution in [1.29, 1.82) is 0 Å². The van der Waals surface area contributed by atoms with Crippen molar-refractivity contribution in [3.63, 3.8) is 0 Å². The first-order valence-corrected chi connectivity index (χ1v) is 10.4. The monoisotopic (exact) mass is 370 g/mol. The molecule has 144 valence electrons. The molecule has 4 heteroatoms. The number of halogens is 1. The van der Waals surface area contributed by atoms with Gasteiger partial charge in [-0.2, -0.15) is 0 Å². The Balaban J connectivity index is 2.29. The number of ketones is 1. The molecule has 0 aliphatic heterocycles. The van der Waals surface area contributed by atoms with Crippen LogP contribution < -0.4 is 0 Å². The number of esters is 1. The second kappa shape index (κ2) is 7.98. The lowest BCUT2D eigenvalue weighted by molar-refractivity contribution is -0.173. The van der Waals surface area contributed by atoms with Gasteiger partial charge < -0.3 is 4.74 Å². The lowest BCUT2D eigenvalue weighted by Crippen LogP contribution is -2.55. The second-order valence-electron chi connectivity index (χ2n) is 9.08. The van der Waals surface area contributed by atoms with Gasteiger partial charge >= 0.3 is 5.97 Å². The van der Waals surface area contributed by atoms with Gasteiger partial charge in [0.15, 0.2) is 0 Å². The summed E-state index contributed by atoms with van der Waals surface area (Å²) in [7, 11) is 1.50. The Bertz CT molecular complexity index is 503. The van der Waals surface area contributed by atoms with E-state index in [4.69, 9.17) is 16.3 Å². The SMILES string of the molecule is COC(=O)[C@]1(C)CCC[C@@]2(C)[C@H]1CC[C@@H](CCl)[C@@H]2CCC(=O)C(C)C.